The molecular weight excluding hydrogens is 387 g/mol. The zero-order valence-corrected chi connectivity index (χ0v) is 16.6. The summed E-state index contributed by atoms with van der Waals surface area (Å²) in [5.74, 6) is -0.107. The molecule has 1 atom stereocenters. The zero-order chi connectivity index (χ0) is 18.5. The largest absolute Gasteiger partial charge is 0.331 e. The van der Waals surface area contributed by atoms with Gasteiger partial charge < -0.3 is 4.90 Å². The van der Waals surface area contributed by atoms with Gasteiger partial charge in [0.15, 0.2) is 0 Å². The highest BCUT2D eigenvalue weighted by atomic mass is 35.5. The van der Waals surface area contributed by atoms with Crippen LogP contribution >= 0.6 is 34.5 Å². The van der Waals surface area contributed by atoms with Crippen LogP contribution in [0.1, 0.15) is 27.7 Å². The number of halogens is 2. The topological polar surface area (TPSA) is 33.2 Å². The number of thiophene rings is 1. The van der Waals surface area contributed by atoms with Gasteiger partial charge in [0.05, 0.1) is 10.6 Å². The average molecular weight is 405 g/mol. The van der Waals surface area contributed by atoms with Gasteiger partial charge in [-0.25, -0.2) is 4.98 Å². The van der Waals surface area contributed by atoms with E-state index >= 15 is 0 Å². The Labute approximate surface area is 167 Å². The molecule has 0 aliphatic rings. The summed E-state index contributed by atoms with van der Waals surface area (Å²) in [6.07, 6.45) is 2.28. The van der Waals surface area contributed by atoms with Crippen LogP contribution in [0.2, 0.25) is 10.2 Å². The molecule has 3 aromatic rings. The van der Waals surface area contributed by atoms with Crippen molar-refractivity contribution in [2.24, 2.45) is 0 Å². The van der Waals surface area contributed by atoms with Gasteiger partial charge in [-0.05, 0) is 30.0 Å². The van der Waals surface area contributed by atoms with E-state index in [9.17, 15) is 4.79 Å². The van der Waals surface area contributed by atoms with Crippen LogP contribution < -0.4 is 0 Å². The molecule has 3 nitrogen and oxygen atoms in total. The van der Waals surface area contributed by atoms with Crippen molar-refractivity contribution in [2.75, 3.05) is 0 Å². The Morgan fingerprint density at radius 2 is 1.96 bits per heavy atom. The second-order valence-electron chi connectivity index (χ2n) is 6.05. The summed E-state index contributed by atoms with van der Waals surface area (Å²) in [6, 6.07) is 15.7. The van der Waals surface area contributed by atoms with Crippen LogP contribution in [0.15, 0.2) is 60.1 Å². The Morgan fingerprint density at radius 1 is 1.19 bits per heavy atom. The molecule has 0 radical (unpaired) electrons. The fraction of sp³-hybridized carbons (Fsp3) is 0.200. The van der Waals surface area contributed by atoms with Gasteiger partial charge in [0, 0.05) is 30.1 Å². The third-order valence-electron chi connectivity index (χ3n) is 4.11. The molecule has 0 N–H and O–H groups in total. The lowest BCUT2D eigenvalue weighted by atomic mass is 10.1. The first-order chi connectivity index (χ1) is 12.5. The van der Waals surface area contributed by atoms with Crippen LogP contribution in [-0.2, 0) is 13.0 Å². The number of aromatic nitrogens is 1. The summed E-state index contributed by atoms with van der Waals surface area (Å²) in [5, 5.41) is 2.53. The third kappa shape index (κ3) is 4.64. The number of benzene rings is 1. The highest BCUT2D eigenvalue weighted by Crippen LogP contribution is 2.23. The average Bonchev–Trinajstić information content (AvgIpc) is 3.15. The van der Waals surface area contributed by atoms with E-state index in [2.05, 4.69) is 18.0 Å². The van der Waals surface area contributed by atoms with E-state index < -0.39 is 0 Å². The van der Waals surface area contributed by atoms with Crippen molar-refractivity contribution < 1.29 is 4.79 Å². The minimum Gasteiger partial charge on any atom is -0.331 e. The lowest BCUT2D eigenvalue weighted by Crippen LogP contribution is -2.39. The fourth-order valence-electron chi connectivity index (χ4n) is 2.74. The molecule has 2 aromatic heterocycles. The lowest BCUT2D eigenvalue weighted by Gasteiger charge is -2.29. The molecule has 0 unspecified atom stereocenters. The van der Waals surface area contributed by atoms with E-state index in [1.807, 2.05) is 46.7 Å². The summed E-state index contributed by atoms with van der Waals surface area (Å²) in [5.41, 5.74) is 1.51. The zero-order valence-electron chi connectivity index (χ0n) is 14.2. The fourth-order valence-corrected chi connectivity index (χ4v) is 3.84. The maximum atomic E-state index is 13.2. The van der Waals surface area contributed by atoms with Gasteiger partial charge in [-0.3, -0.25) is 4.79 Å². The second kappa shape index (κ2) is 8.67. The number of nitrogens with zero attached hydrogens (tertiary/aromatic N) is 2. The van der Waals surface area contributed by atoms with Gasteiger partial charge in [-0.2, -0.15) is 0 Å². The number of hydrogen-bond acceptors (Lipinski definition) is 3. The molecule has 0 saturated heterocycles. The van der Waals surface area contributed by atoms with Gasteiger partial charge >= 0.3 is 0 Å². The van der Waals surface area contributed by atoms with Crippen LogP contribution in [0.25, 0.3) is 0 Å². The number of carbonyl (C=O) groups is 1. The first-order valence-corrected chi connectivity index (χ1v) is 9.86. The van der Waals surface area contributed by atoms with Gasteiger partial charge in [0.2, 0.25) is 0 Å². The normalized spacial score (nSPS) is 12.0. The highest BCUT2D eigenvalue weighted by Gasteiger charge is 2.23. The first-order valence-electron chi connectivity index (χ1n) is 8.23. The molecule has 0 aliphatic carbocycles. The van der Waals surface area contributed by atoms with E-state index in [4.69, 9.17) is 23.2 Å². The molecule has 0 saturated carbocycles. The molecule has 0 aliphatic heterocycles. The summed E-state index contributed by atoms with van der Waals surface area (Å²) in [7, 11) is 0. The van der Waals surface area contributed by atoms with Crippen LogP contribution in [0.3, 0.4) is 0 Å². The van der Waals surface area contributed by atoms with E-state index in [1.54, 1.807) is 17.4 Å². The van der Waals surface area contributed by atoms with Gasteiger partial charge in [0.25, 0.3) is 5.91 Å². The molecule has 0 fully saturated rings. The van der Waals surface area contributed by atoms with Crippen molar-refractivity contribution in [3.8, 4) is 0 Å². The van der Waals surface area contributed by atoms with E-state index in [0.717, 1.165) is 12.0 Å². The Bertz CT molecular complexity index is 869. The predicted molar refractivity (Wildman–Crippen MR) is 108 cm³/mol. The number of hydrogen-bond donors (Lipinski definition) is 0. The van der Waals surface area contributed by atoms with E-state index in [-0.39, 0.29) is 22.1 Å². The predicted octanol–water partition coefficient (Wildman–Crippen LogP) is 5.72. The van der Waals surface area contributed by atoms with Gasteiger partial charge in [-0.15, -0.1) is 11.3 Å². The van der Waals surface area contributed by atoms with Gasteiger partial charge in [-0.1, -0.05) is 59.6 Å². The number of carbonyl (C=O) groups excluding carboxylic acids is 1. The lowest BCUT2D eigenvalue weighted by molar-refractivity contribution is 0.0675. The summed E-state index contributed by atoms with van der Waals surface area (Å²) in [6.45, 7) is 2.58. The maximum absolute atomic E-state index is 13.2. The minimum absolute atomic E-state index is 0.0239. The van der Waals surface area contributed by atoms with Crippen molar-refractivity contribution in [1.29, 1.82) is 0 Å². The van der Waals surface area contributed by atoms with Crippen LogP contribution in [-0.4, -0.2) is 21.8 Å². The monoisotopic (exact) mass is 404 g/mol. The molecule has 0 bridgehead atoms. The second-order valence-corrected chi connectivity index (χ2v) is 7.85. The van der Waals surface area contributed by atoms with E-state index in [0.29, 0.717) is 12.1 Å². The molecule has 6 heteroatoms. The molecule has 1 amide bonds. The highest BCUT2D eigenvalue weighted by molar-refractivity contribution is 7.09. The van der Waals surface area contributed by atoms with Crippen LogP contribution in [0.5, 0.6) is 0 Å². The quantitative estimate of drug-likeness (QED) is 0.491. The van der Waals surface area contributed by atoms with Crippen molar-refractivity contribution in [2.45, 2.75) is 25.9 Å². The van der Waals surface area contributed by atoms with Crippen LogP contribution in [0.4, 0.5) is 0 Å². The van der Waals surface area contributed by atoms with Crippen molar-refractivity contribution in [3.63, 3.8) is 0 Å². The molecule has 26 heavy (non-hydrogen) atoms. The molecular formula is C20H18Cl2N2OS. The summed E-state index contributed by atoms with van der Waals surface area (Å²) >= 11 is 13.6. The smallest absolute Gasteiger partial charge is 0.256 e. The molecule has 0 spiro atoms. The SMILES string of the molecule is C[C@H](Cc1cccs1)N(Cc1ccccc1)C(=O)c1cnc(Cl)c(Cl)c1. The molecule has 3 rings (SSSR count). The van der Waals surface area contributed by atoms with Crippen molar-refractivity contribution in [1.82, 2.24) is 9.88 Å². The number of pyridine rings is 1. The number of rotatable bonds is 6. The van der Waals surface area contributed by atoms with Crippen molar-refractivity contribution >= 4 is 40.4 Å². The molecule has 1 aromatic carbocycles. The maximum Gasteiger partial charge on any atom is 0.256 e. The Hall–Kier alpha value is -1.88. The standard InChI is InChI=1S/C20H18Cl2N2OS/c1-14(10-17-8-5-9-26-17)24(13-15-6-3-2-4-7-15)20(25)16-11-18(21)19(22)23-12-16/h2-9,11-12,14H,10,13H2,1H3/t14-/m1/s1. The third-order valence-corrected chi connectivity index (χ3v) is 5.69. The minimum atomic E-state index is -0.107. The number of amides is 1. The Kier molecular flexibility index (Phi) is 6.30. The summed E-state index contributed by atoms with van der Waals surface area (Å²) in [4.78, 5) is 20.3. The van der Waals surface area contributed by atoms with Crippen LogP contribution in [0, 0.1) is 0 Å². The van der Waals surface area contributed by atoms with E-state index in [1.165, 1.54) is 11.1 Å². The van der Waals surface area contributed by atoms with Gasteiger partial charge in [0.1, 0.15) is 5.15 Å². The van der Waals surface area contributed by atoms with Crippen molar-refractivity contribution in [3.05, 3.63) is 86.3 Å². The molecule has 2 heterocycles. The Morgan fingerprint density at radius 3 is 2.62 bits per heavy atom. The Balaban J connectivity index is 1.87. The first kappa shape index (κ1) is 18.9. The molecule has 134 valence electrons. The summed E-state index contributed by atoms with van der Waals surface area (Å²) < 4.78 is 0.